The standard InChI is InChI=1S/C50H29N3S/c1-2-13-30-25-32(22-21-28(30)11-1)47-46-37-19-9-10-20-42(37)54-49(46)52-50(51-47)53-41-24-23-29-12-3-5-15-33(29)43(41)40-27-39-36-18-8-7-17-35(36)38-26-31-14-4-6-16-34(31)45(44(38)39)48(40)53/h1-25,27,38H,26H2. The van der Waals surface area contributed by atoms with E-state index in [0.717, 1.165) is 33.4 Å². The van der Waals surface area contributed by atoms with Crippen LogP contribution in [-0.2, 0) is 6.42 Å². The van der Waals surface area contributed by atoms with Crippen LogP contribution in [-0.4, -0.2) is 14.5 Å². The first-order valence-electron chi connectivity index (χ1n) is 18.7. The summed E-state index contributed by atoms with van der Waals surface area (Å²) in [7, 11) is 0. The molecule has 8 aromatic carbocycles. The minimum atomic E-state index is 0.299. The van der Waals surface area contributed by atoms with Crippen molar-refractivity contribution in [1.82, 2.24) is 14.5 Å². The van der Waals surface area contributed by atoms with Crippen LogP contribution in [0, 0.1) is 0 Å². The van der Waals surface area contributed by atoms with Gasteiger partial charge in [0.1, 0.15) is 4.83 Å². The smallest absolute Gasteiger partial charge is 0.236 e. The molecular formula is C50H29N3S. The molecule has 250 valence electrons. The van der Waals surface area contributed by atoms with Crippen molar-refractivity contribution >= 4 is 75.0 Å². The third kappa shape index (κ3) is 3.75. The van der Waals surface area contributed by atoms with Crippen molar-refractivity contribution in [3.63, 3.8) is 0 Å². The summed E-state index contributed by atoms with van der Waals surface area (Å²) in [5.41, 5.74) is 14.0. The Balaban J connectivity index is 1.23. The van der Waals surface area contributed by atoms with Crippen LogP contribution in [0.5, 0.6) is 0 Å². The van der Waals surface area contributed by atoms with Crippen molar-refractivity contribution in [2.75, 3.05) is 0 Å². The van der Waals surface area contributed by atoms with E-state index in [1.165, 1.54) is 86.9 Å². The summed E-state index contributed by atoms with van der Waals surface area (Å²) < 4.78 is 3.63. The minimum Gasteiger partial charge on any atom is -0.277 e. The van der Waals surface area contributed by atoms with Gasteiger partial charge in [-0.25, -0.2) is 9.97 Å². The van der Waals surface area contributed by atoms with Gasteiger partial charge >= 0.3 is 0 Å². The summed E-state index contributed by atoms with van der Waals surface area (Å²) in [5, 5.41) is 9.71. The molecular weight excluding hydrogens is 675 g/mol. The Bertz CT molecular complexity index is 3440. The fraction of sp³-hybridized carbons (Fsp3) is 0.0400. The highest BCUT2D eigenvalue weighted by molar-refractivity contribution is 7.25. The van der Waals surface area contributed by atoms with E-state index in [1.54, 1.807) is 11.3 Å². The Labute approximate surface area is 314 Å². The predicted molar refractivity (Wildman–Crippen MR) is 226 cm³/mol. The van der Waals surface area contributed by atoms with Crippen LogP contribution in [0.15, 0.2) is 158 Å². The summed E-state index contributed by atoms with van der Waals surface area (Å²) in [6, 6.07) is 58.0. The lowest BCUT2D eigenvalue weighted by Gasteiger charge is -2.27. The molecule has 0 saturated carbocycles. The second-order valence-electron chi connectivity index (χ2n) is 14.8. The van der Waals surface area contributed by atoms with Crippen molar-refractivity contribution in [1.29, 1.82) is 0 Å². The number of fused-ring (bicyclic) bond motifs is 15. The molecule has 3 aromatic heterocycles. The number of thiophene rings is 1. The Morgan fingerprint density at radius 1 is 0.556 bits per heavy atom. The summed E-state index contributed by atoms with van der Waals surface area (Å²) in [5.74, 6) is 1.01. The molecule has 2 aliphatic carbocycles. The first kappa shape index (κ1) is 28.9. The SMILES string of the molecule is c1ccc2c(c1)CC1c3ccccc3-c3cc4c5c6ccccc6ccc5n(-c5nc(-c6ccc7ccccc7c6)c6c(n5)sc5ccccc56)c4c-2c31. The monoisotopic (exact) mass is 703 g/mol. The van der Waals surface area contributed by atoms with E-state index in [1.807, 2.05) is 0 Å². The van der Waals surface area contributed by atoms with Crippen LogP contribution >= 0.6 is 11.3 Å². The highest BCUT2D eigenvalue weighted by Crippen LogP contribution is 2.57. The summed E-state index contributed by atoms with van der Waals surface area (Å²) in [4.78, 5) is 12.2. The van der Waals surface area contributed by atoms with Gasteiger partial charge in [0.05, 0.1) is 16.7 Å². The fourth-order valence-electron chi connectivity index (χ4n) is 9.86. The van der Waals surface area contributed by atoms with Gasteiger partial charge in [0, 0.05) is 43.3 Å². The average molecular weight is 704 g/mol. The zero-order valence-electron chi connectivity index (χ0n) is 29.0. The average Bonchev–Trinajstić information content (AvgIpc) is 3.88. The molecule has 11 aromatic rings. The van der Waals surface area contributed by atoms with E-state index in [4.69, 9.17) is 9.97 Å². The molecule has 54 heavy (non-hydrogen) atoms. The third-order valence-electron chi connectivity index (χ3n) is 12.1. The van der Waals surface area contributed by atoms with Crippen LogP contribution in [0.4, 0.5) is 0 Å². The van der Waals surface area contributed by atoms with Gasteiger partial charge in [-0.15, -0.1) is 11.3 Å². The lowest BCUT2D eigenvalue weighted by molar-refractivity contribution is 0.816. The topological polar surface area (TPSA) is 30.7 Å². The molecule has 13 rings (SSSR count). The molecule has 0 fully saturated rings. The van der Waals surface area contributed by atoms with Gasteiger partial charge in [0.25, 0.3) is 0 Å². The van der Waals surface area contributed by atoms with Gasteiger partial charge in [-0.3, -0.25) is 4.57 Å². The quantitative estimate of drug-likeness (QED) is 0.179. The first-order chi connectivity index (χ1) is 26.8. The molecule has 1 unspecified atom stereocenters. The Morgan fingerprint density at radius 2 is 1.30 bits per heavy atom. The lowest BCUT2D eigenvalue weighted by atomic mass is 9.77. The van der Waals surface area contributed by atoms with Gasteiger partial charge < -0.3 is 0 Å². The lowest BCUT2D eigenvalue weighted by Crippen LogP contribution is -2.11. The van der Waals surface area contributed by atoms with Gasteiger partial charge in [0.15, 0.2) is 0 Å². The van der Waals surface area contributed by atoms with Gasteiger partial charge in [-0.05, 0) is 85.6 Å². The molecule has 2 aliphatic rings. The molecule has 3 nitrogen and oxygen atoms in total. The van der Waals surface area contributed by atoms with E-state index in [0.29, 0.717) is 11.9 Å². The second-order valence-corrected chi connectivity index (χ2v) is 15.9. The zero-order valence-corrected chi connectivity index (χ0v) is 29.9. The maximum absolute atomic E-state index is 5.68. The third-order valence-corrected chi connectivity index (χ3v) is 13.2. The van der Waals surface area contributed by atoms with Gasteiger partial charge in [-0.1, -0.05) is 133 Å². The predicted octanol–water partition coefficient (Wildman–Crippen LogP) is 13.3. The van der Waals surface area contributed by atoms with Crippen molar-refractivity contribution < 1.29 is 0 Å². The zero-order chi connectivity index (χ0) is 35.1. The van der Waals surface area contributed by atoms with Crippen LogP contribution in [0.3, 0.4) is 0 Å². The molecule has 0 radical (unpaired) electrons. The maximum Gasteiger partial charge on any atom is 0.236 e. The van der Waals surface area contributed by atoms with Crippen LogP contribution < -0.4 is 0 Å². The molecule has 0 spiro atoms. The van der Waals surface area contributed by atoms with Crippen molar-refractivity contribution in [2.24, 2.45) is 0 Å². The highest BCUT2D eigenvalue weighted by Gasteiger charge is 2.38. The molecule has 1 atom stereocenters. The number of rotatable bonds is 2. The Morgan fingerprint density at radius 3 is 2.22 bits per heavy atom. The van der Waals surface area contributed by atoms with E-state index >= 15 is 0 Å². The summed E-state index contributed by atoms with van der Waals surface area (Å²) in [6.07, 6.45) is 0.998. The first-order valence-corrected chi connectivity index (χ1v) is 19.5. The van der Waals surface area contributed by atoms with E-state index < -0.39 is 0 Å². The van der Waals surface area contributed by atoms with Crippen molar-refractivity contribution in [3.05, 3.63) is 174 Å². The number of benzene rings is 8. The second kappa shape index (κ2) is 10.5. The largest absolute Gasteiger partial charge is 0.277 e. The number of aromatic nitrogens is 3. The highest BCUT2D eigenvalue weighted by atomic mass is 32.1. The van der Waals surface area contributed by atoms with Crippen molar-refractivity contribution in [2.45, 2.75) is 12.3 Å². The summed E-state index contributed by atoms with van der Waals surface area (Å²) in [6.45, 7) is 0. The Kier molecular flexibility index (Phi) is 5.62. The van der Waals surface area contributed by atoms with Crippen LogP contribution in [0.1, 0.15) is 22.6 Å². The molecule has 0 bridgehead atoms. The molecule has 0 amide bonds. The molecule has 0 N–H and O–H groups in total. The van der Waals surface area contributed by atoms with Crippen LogP contribution in [0.25, 0.3) is 103 Å². The number of hydrogen-bond acceptors (Lipinski definition) is 3. The molecule has 3 heterocycles. The van der Waals surface area contributed by atoms with E-state index in [-0.39, 0.29) is 0 Å². The normalized spacial score (nSPS) is 14.4. The fourth-order valence-corrected chi connectivity index (χ4v) is 10.9. The molecule has 0 aliphatic heterocycles. The van der Waals surface area contributed by atoms with E-state index in [2.05, 4.69) is 162 Å². The van der Waals surface area contributed by atoms with Gasteiger partial charge in [0.2, 0.25) is 5.95 Å². The van der Waals surface area contributed by atoms with Gasteiger partial charge in [-0.2, -0.15) is 0 Å². The molecule has 0 saturated heterocycles. The molecule has 4 heteroatoms. The number of hydrogen-bond donors (Lipinski definition) is 0. The number of nitrogens with zero attached hydrogens (tertiary/aromatic N) is 3. The van der Waals surface area contributed by atoms with Crippen LogP contribution in [0.2, 0.25) is 0 Å². The summed E-state index contributed by atoms with van der Waals surface area (Å²) >= 11 is 1.76. The van der Waals surface area contributed by atoms with Crippen molar-refractivity contribution in [3.8, 4) is 39.5 Å². The Hall–Kier alpha value is -6.62. The maximum atomic E-state index is 5.68. The van der Waals surface area contributed by atoms with E-state index in [9.17, 15) is 0 Å². The minimum absolute atomic E-state index is 0.299.